The molecular formula is C11H12BrFN2O4. The highest BCUT2D eigenvalue weighted by Crippen LogP contribution is 2.33. The lowest BCUT2D eigenvalue weighted by atomic mass is 10.2. The van der Waals surface area contributed by atoms with Crippen LogP contribution in [0.1, 0.15) is 20.8 Å². The number of rotatable bonds is 2. The highest BCUT2D eigenvalue weighted by atomic mass is 79.9. The zero-order chi connectivity index (χ0) is 14.8. The third kappa shape index (κ3) is 4.47. The van der Waals surface area contributed by atoms with E-state index in [4.69, 9.17) is 4.74 Å². The van der Waals surface area contributed by atoms with E-state index in [1.807, 2.05) is 0 Å². The number of benzene rings is 1. The molecule has 1 rings (SSSR count). The molecule has 8 heteroatoms. The van der Waals surface area contributed by atoms with Crippen molar-refractivity contribution in [1.82, 2.24) is 0 Å². The van der Waals surface area contributed by atoms with Gasteiger partial charge in [-0.15, -0.1) is 0 Å². The van der Waals surface area contributed by atoms with Crippen LogP contribution in [0.15, 0.2) is 16.6 Å². The number of nitrogens with zero attached hydrogens (tertiary/aromatic N) is 1. The van der Waals surface area contributed by atoms with Gasteiger partial charge in [0.25, 0.3) is 5.69 Å². The Morgan fingerprint density at radius 2 is 2.05 bits per heavy atom. The maximum Gasteiger partial charge on any atom is 0.412 e. The number of carbonyl (C=O) groups excluding carboxylic acids is 1. The van der Waals surface area contributed by atoms with E-state index in [0.29, 0.717) is 0 Å². The number of amides is 1. The molecule has 1 N–H and O–H groups in total. The molecule has 0 atom stereocenters. The first-order chi connectivity index (χ1) is 8.60. The highest BCUT2D eigenvalue weighted by Gasteiger charge is 2.23. The topological polar surface area (TPSA) is 81.5 Å². The summed E-state index contributed by atoms with van der Waals surface area (Å²) in [7, 11) is 0. The van der Waals surface area contributed by atoms with Gasteiger partial charge >= 0.3 is 6.09 Å². The fourth-order valence-electron chi connectivity index (χ4n) is 1.23. The van der Waals surface area contributed by atoms with Gasteiger partial charge in [0.05, 0.1) is 15.5 Å². The van der Waals surface area contributed by atoms with Gasteiger partial charge in [0.1, 0.15) is 17.1 Å². The van der Waals surface area contributed by atoms with Crippen molar-refractivity contribution in [2.45, 2.75) is 26.4 Å². The van der Waals surface area contributed by atoms with E-state index in [2.05, 4.69) is 21.2 Å². The SMILES string of the molecule is CC(C)(C)OC(=O)Nc1c(Br)cc(F)cc1[N+](=O)[O-]. The monoisotopic (exact) mass is 334 g/mol. The number of nitrogens with one attached hydrogen (secondary N) is 1. The Morgan fingerprint density at radius 1 is 1.47 bits per heavy atom. The van der Waals surface area contributed by atoms with E-state index in [0.717, 1.165) is 12.1 Å². The first-order valence-electron chi connectivity index (χ1n) is 5.23. The summed E-state index contributed by atoms with van der Waals surface area (Å²) < 4.78 is 18.1. The van der Waals surface area contributed by atoms with Crippen molar-refractivity contribution in [2.75, 3.05) is 5.32 Å². The fourth-order valence-corrected chi connectivity index (χ4v) is 1.75. The minimum atomic E-state index is -0.858. The second kappa shape index (κ2) is 5.52. The van der Waals surface area contributed by atoms with Crippen LogP contribution in [0.25, 0.3) is 0 Å². The lowest BCUT2D eigenvalue weighted by molar-refractivity contribution is -0.384. The molecule has 104 valence electrons. The van der Waals surface area contributed by atoms with E-state index >= 15 is 0 Å². The maximum atomic E-state index is 13.1. The summed E-state index contributed by atoms with van der Waals surface area (Å²) in [6, 6.07) is 1.73. The zero-order valence-corrected chi connectivity index (χ0v) is 12.1. The molecule has 0 bridgehead atoms. The molecule has 0 aromatic heterocycles. The fraction of sp³-hybridized carbons (Fsp3) is 0.364. The van der Waals surface area contributed by atoms with E-state index in [1.165, 1.54) is 0 Å². The second-order valence-corrected chi connectivity index (χ2v) is 5.52. The van der Waals surface area contributed by atoms with Gasteiger partial charge in [0, 0.05) is 0 Å². The van der Waals surface area contributed by atoms with Crippen LogP contribution in [-0.2, 0) is 4.74 Å². The Balaban J connectivity index is 3.07. The largest absolute Gasteiger partial charge is 0.444 e. The molecule has 0 radical (unpaired) electrons. The number of hydrogen-bond donors (Lipinski definition) is 1. The molecule has 1 aromatic carbocycles. The summed E-state index contributed by atoms with van der Waals surface area (Å²) in [5.41, 5.74) is -1.45. The molecule has 0 aliphatic heterocycles. The molecule has 0 unspecified atom stereocenters. The zero-order valence-electron chi connectivity index (χ0n) is 10.5. The molecule has 0 saturated heterocycles. The molecule has 1 amide bonds. The number of nitro groups is 1. The van der Waals surface area contributed by atoms with Crippen LogP contribution in [0, 0.1) is 15.9 Å². The first-order valence-corrected chi connectivity index (χ1v) is 6.03. The van der Waals surface area contributed by atoms with Crippen LogP contribution in [0.3, 0.4) is 0 Å². The smallest absolute Gasteiger partial charge is 0.412 e. The van der Waals surface area contributed by atoms with Gasteiger partial charge in [-0.1, -0.05) is 0 Å². The van der Waals surface area contributed by atoms with Crippen LogP contribution < -0.4 is 5.32 Å². The van der Waals surface area contributed by atoms with Crippen molar-refractivity contribution in [1.29, 1.82) is 0 Å². The van der Waals surface area contributed by atoms with Gasteiger partial charge in [0.15, 0.2) is 0 Å². The van der Waals surface area contributed by atoms with Gasteiger partial charge in [-0.2, -0.15) is 0 Å². The van der Waals surface area contributed by atoms with Crippen LogP contribution in [0.5, 0.6) is 0 Å². The van der Waals surface area contributed by atoms with Crippen molar-refractivity contribution in [3.05, 3.63) is 32.5 Å². The van der Waals surface area contributed by atoms with E-state index in [1.54, 1.807) is 20.8 Å². The van der Waals surface area contributed by atoms with Crippen molar-refractivity contribution >= 4 is 33.4 Å². The van der Waals surface area contributed by atoms with E-state index in [9.17, 15) is 19.3 Å². The molecule has 0 saturated carbocycles. The van der Waals surface area contributed by atoms with Crippen molar-refractivity contribution in [2.24, 2.45) is 0 Å². The molecule has 19 heavy (non-hydrogen) atoms. The Hall–Kier alpha value is -1.70. The molecule has 0 heterocycles. The van der Waals surface area contributed by atoms with Gasteiger partial charge in [-0.3, -0.25) is 15.4 Å². The average Bonchev–Trinajstić information content (AvgIpc) is 2.18. The van der Waals surface area contributed by atoms with Crippen LogP contribution in [-0.4, -0.2) is 16.6 Å². The Labute approximate surface area is 117 Å². The molecule has 1 aromatic rings. The lowest BCUT2D eigenvalue weighted by Gasteiger charge is -2.19. The standard InChI is InChI=1S/C11H12BrFN2O4/c1-11(2,3)19-10(16)14-9-7(12)4-6(13)5-8(9)15(17)18/h4-5H,1-3H3,(H,14,16). The number of ether oxygens (including phenoxy) is 1. The summed E-state index contributed by atoms with van der Waals surface area (Å²) in [5, 5.41) is 13.0. The number of hydrogen-bond acceptors (Lipinski definition) is 4. The van der Waals surface area contributed by atoms with E-state index < -0.39 is 28.1 Å². The van der Waals surface area contributed by atoms with E-state index in [-0.39, 0.29) is 10.2 Å². The average molecular weight is 335 g/mol. The van der Waals surface area contributed by atoms with Gasteiger partial charge in [-0.05, 0) is 42.8 Å². The number of halogens is 2. The van der Waals surface area contributed by atoms with Crippen LogP contribution >= 0.6 is 15.9 Å². The van der Waals surface area contributed by atoms with Gasteiger partial charge < -0.3 is 4.74 Å². The molecule has 0 aliphatic rings. The summed E-state index contributed by atoms with van der Waals surface area (Å²) in [6.07, 6.45) is -0.858. The highest BCUT2D eigenvalue weighted by molar-refractivity contribution is 9.10. The minimum Gasteiger partial charge on any atom is -0.444 e. The second-order valence-electron chi connectivity index (χ2n) is 4.67. The van der Waals surface area contributed by atoms with Gasteiger partial charge in [0.2, 0.25) is 0 Å². The lowest BCUT2D eigenvalue weighted by Crippen LogP contribution is -2.27. The molecular weight excluding hydrogens is 323 g/mol. The quantitative estimate of drug-likeness (QED) is 0.657. The van der Waals surface area contributed by atoms with Crippen molar-refractivity contribution in [3.8, 4) is 0 Å². The minimum absolute atomic E-state index is 0.0602. The number of anilines is 1. The number of carbonyl (C=O) groups is 1. The third-order valence-electron chi connectivity index (χ3n) is 1.86. The normalized spacial score (nSPS) is 11.0. The molecule has 0 fully saturated rings. The van der Waals surface area contributed by atoms with Crippen LogP contribution in [0.2, 0.25) is 0 Å². The van der Waals surface area contributed by atoms with Crippen molar-refractivity contribution in [3.63, 3.8) is 0 Å². The summed E-state index contributed by atoms with van der Waals surface area (Å²) in [4.78, 5) is 21.6. The Bertz CT molecular complexity index is 528. The summed E-state index contributed by atoms with van der Waals surface area (Å²) >= 11 is 2.96. The van der Waals surface area contributed by atoms with Crippen LogP contribution in [0.4, 0.5) is 20.6 Å². The predicted octanol–water partition coefficient (Wildman–Crippen LogP) is 3.84. The molecule has 0 aliphatic carbocycles. The van der Waals surface area contributed by atoms with Crippen molar-refractivity contribution < 1.29 is 18.8 Å². The Morgan fingerprint density at radius 3 is 2.53 bits per heavy atom. The summed E-state index contributed by atoms with van der Waals surface area (Å²) in [5.74, 6) is -0.784. The van der Waals surface area contributed by atoms with Gasteiger partial charge in [-0.25, -0.2) is 9.18 Å². The summed E-state index contributed by atoms with van der Waals surface area (Å²) in [6.45, 7) is 4.96. The first kappa shape index (κ1) is 15.4. The number of nitro benzene ring substituents is 1. The molecule has 0 spiro atoms. The predicted molar refractivity (Wildman–Crippen MR) is 70.6 cm³/mol. The Kier molecular flexibility index (Phi) is 4.46. The maximum absolute atomic E-state index is 13.1. The molecule has 6 nitrogen and oxygen atoms in total. The third-order valence-corrected chi connectivity index (χ3v) is 2.48.